The minimum absolute atomic E-state index is 0.0363. The van der Waals surface area contributed by atoms with Crippen LogP contribution in [0.4, 0.5) is 21.5 Å². The highest BCUT2D eigenvalue weighted by molar-refractivity contribution is 6.36. The molecule has 2 N–H and O–H groups in total. The number of nitrogens with zero attached hydrogens (tertiary/aromatic N) is 4. The second-order valence-electron chi connectivity index (χ2n) is 7.85. The number of rotatable bonds is 6. The number of anilines is 3. The maximum atomic E-state index is 13.7. The lowest BCUT2D eigenvalue weighted by Gasteiger charge is -2.20. The molecule has 0 bridgehead atoms. The van der Waals surface area contributed by atoms with E-state index in [-0.39, 0.29) is 11.1 Å². The van der Waals surface area contributed by atoms with Gasteiger partial charge in [0.25, 0.3) is 0 Å². The molecule has 3 aromatic heterocycles. The summed E-state index contributed by atoms with van der Waals surface area (Å²) >= 11 is 12.6. The number of nitrogens with one attached hydrogen (secondary N) is 2. The van der Waals surface area contributed by atoms with Crippen LogP contribution >= 0.6 is 23.2 Å². The van der Waals surface area contributed by atoms with E-state index >= 15 is 0 Å². The molecule has 0 aliphatic carbocycles. The summed E-state index contributed by atoms with van der Waals surface area (Å²) in [6.07, 6.45) is 4.89. The zero-order valence-electron chi connectivity index (χ0n) is 18.6. The molecule has 6 nitrogen and oxygen atoms in total. The third kappa shape index (κ3) is 4.78. The first-order valence-corrected chi connectivity index (χ1v) is 11.6. The van der Waals surface area contributed by atoms with Crippen molar-refractivity contribution in [2.45, 2.75) is 6.04 Å². The Balaban J connectivity index is 1.62. The molecule has 3 heterocycles. The highest BCUT2D eigenvalue weighted by Crippen LogP contribution is 2.36. The first kappa shape index (κ1) is 23.5. The maximum Gasteiger partial charge on any atom is 0.141 e. The number of nitriles is 1. The topological polar surface area (TPSA) is 86.5 Å². The van der Waals surface area contributed by atoms with Crippen LogP contribution < -0.4 is 10.6 Å². The third-order valence-corrected chi connectivity index (χ3v) is 6.09. The average molecular weight is 515 g/mol. The van der Waals surface area contributed by atoms with Gasteiger partial charge in [-0.1, -0.05) is 35.3 Å². The summed E-state index contributed by atoms with van der Waals surface area (Å²) in [6, 6.07) is 21.0. The van der Waals surface area contributed by atoms with E-state index in [2.05, 4.69) is 31.7 Å². The third-order valence-electron chi connectivity index (χ3n) is 5.51. The molecular formula is C27H17Cl2FN6. The summed E-state index contributed by atoms with van der Waals surface area (Å²) in [5, 5.41) is 17.4. The van der Waals surface area contributed by atoms with E-state index in [4.69, 9.17) is 23.2 Å². The molecule has 0 aliphatic rings. The van der Waals surface area contributed by atoms with E-state index in [1.807, 2.05) is 42.5 Å². The lowest BCUT2D eigenvalue weighted by molar-refractivity contribution is 0.628. The van der Waals surface area contributed by atoms with Crippen molar-refractivity contribution in [2.75, 3.05) is 10.6 Å². The van der Waals surface area contributed by atoms with Crippen molar-refractivity contribution in [1.82, 2.24) is 15.0 Å². The maximum absolute atomic E-state index is 13.7. The lowest BCUT2D eigenvalue weighted by Crippen LogP contribution is -2.15. The van der Waals surface area contributed by atoms with E-state index in [1.54, 1.807) is 18.5 Å². The minimum Gasteiger partial charge on any atom is -0.371 e. The molecule has 0 unspecified atom stereocenters. The van der Waals surface area contributed by atoms with Gasteiger partial charge in [-0.2, -0.15) is 5.26 Å². The first-order chi connectivity index (χ1) is 17.5. The average Bonchev–Trinajstić information content (AvgIpc) is 2.91. The van der Waals surface area contributed by atoms with Crippen LogP contribution in [0.2, 0.25) is 10.0 Å². The van der Waals surface area contributed by atoms with Crippen molar-refractivity contribution in [2.24, 2.45) is 0 Å². The SMILES string of the molecule is N#Cc1cnc2c(Cl)cc(NC(c3ccccn3)c3ccccn3)cc2c1Nc1ccc(F)c(Cl)c1. The van der Waals surface area contributed by atoms with Crippen LogP contribution in [0.1, 0.15) is 23.0 Å². The van der Waals surface area contributed by atoms with Gasteiger partial charge in [-0.15, -0.1) is 0 Å². The molecule has 0 radical (unpaired) electrons. The fraction of sp³-hybridized carbons (Fsp3) is 0.0370. The Kier molecular flexibility index (Phi) is 6.63. The van der Waals surface area contributed by atoms with Gasteiger partial charge in [-0.05, 0) is 54.6 Å². The monoisotopic (exact) mass is 514 g/mol. The van der Waals surface area contributed by atoms with Crippen LogP contribution in [-0.2, 0) is 0 Å². The molecule has 2 aromatic carbocycles. The van der Waals surface area contributed by atoms with E-state index in [0.29, 0.717) is 38.6 Å². The van der Waals surface area contributed by atoms with E-state index in [1.165, 1.54) is 24.4 Å². The number of hydrogen-bond donors (Lipinski definition) is 2. The molecule has 5 aromatic rings. The largest absolute Gasteiger partial charge is 0.371 e. The number of pyridine rings is 3. The van der Waals surface area contributed by atoms with Gasteiger partial charge in [0.1, 0.15) is 17.9 Å². The van der Waals surface area contributed by atoms with Crippen molar-refractivity contribution in [3.05, 3.63) is 118 Å². The van der Waals surface area contributed by atoms with Gasteiger partial charge in [-0.3, -0.25) is 15.0 Å². The number of hydrogen-bond acceptors (Lipinski definition) is 6. The van der Waals surface area contributed by atoms with Crippen LogP contribution in [0, 0.1) is 17.1 Å². The van der Waals surface area contributed by atoms with E-state index in [0.717, 1.165) is 11.4 Å². The summed E-state index contributed by atoms with van der Waals surface area (Å²) in [5.41, 5.74) is 4.01. The predicted octanol–water partition coefficient (Wildman–Crippen LogP) is 7.29. The second-order valence-corrected chi connectivity index (χ2v) is 8.67. The van der Waals surface area contributed by atoms with Crippen molar-refractivity contribution >= 4 is 51.2 Å². The fourth-order valence-corrected chi connectivity index (χ4v) is 4.29. The van der Waals surface area contributed by atoms with Gasteiger partial charge in [0.05, 0.1) is 38.2 Å². The molecule has 176 valence electrons. The van der Waals surface area contributed by atoms with Crippen LogP contribution in [0.25, 0.3) is 10.9 Å². The molecule has 0 fully saturated rings. The van der Waals surface area contributed by atoms with Crippen LogP contribution in [0.15, 0.2) is 85.3 Å². The quantitative estimate of drug-likeness (QED) is 0.247. The molecular weight excluding hydrogens is 498 g/mol. The Morgan fingerprint density at radius 1 is 0.833 bits per heavy atom. The molecule has 0 saturated carbocycles. The Hall–Kier alpha value is -4.25. The highest BCUT2D eigenvalue weighted by atomic mass is 35.5. The number of benzene rings is 2. The van der Waals surface area contributed by atoms with Gasteiger partial charge in [0.15, 0.2) is 0 Å². The summed E-state index contributed by atoms with van der Waals surface area (Å²) in [5.74, 6) is -0.535. The van der Waals surface area contributed by atoms with Gasteiger partial charge < -0.3 is 10.6 Å². The molecule has 0 amide bonds. The molecule has 0 spiro atoms. The van der Waals surface area contributed by atoms with Crippen LogP contribution in [0.3, 0.4) is 0 Å². The number of halogens is 3. The Bertz CT molecular complexity index is 1550. The normalized spacial score (nSPS) is 10.9. The number of fused-ring (bicyclic) bond motifs is 1. The molecule has 0 atom stereocenters. The van der Waals surface area contributed by atoms with E-state index < -0.39 is 5.82 Å². The predicted molar refractivity (Wildman–Crippen MR) is 140 cm³/mol. The Morgan fingerprint density at radius 3 is 2.14 bits per heavy atom. The zero-order chi connectivity index (χ0) is 25.1. The molecule has 0 aliphatic heterocycles. The first-order valence-electron chi connectivity index (χ1n) is 10.9. The fourth-order valence-electron chi connectivity index (χ4n) is 3.84. The Morgan fingerprint density at radius 2 is 1.53 bits per heavy atom. The van der Waals surface area contributed by atoms with Crippen LogP contribution in [-0.4, -0.2) is 15.0 Å². The van der Waals surface area contributed by atoms with E-state index in [9.17, 15) is 9.65 Å². The molecule has 9 heteroatoms. The molecule has 0 saturated heterocycles. The summed E-state index contributed by atoms with van der Waals surface area (Å²) in [7, 11) is 0. The summed E-state index contributed by atoms with van der Waals surface area (Å²) < 4.78 is 13.7. The zero-order valence-corrected chi connectivity index (χ0v) is 20.1. The number of aromatic nitrogens is 3. The molecule has 5 rings (SSSR count). The van der Waals surface area contributed by atoms with Gasteiger partial charge in [0.2, 0.25) is 0 Å². The van der Waals surface area contributed by atoms with Crippen molar-refractivity contribution < 1.29 is 4.39 Å². The molecule has 36 heavy (non-hydrogen) atoms. The second kappa shape index (κ2) is 10.2. The van der Waals surface area contributed by atoms with Gasteiger partial charge >= 0.3 is 0 Å². The lowest BCUT2D eigenvalue weighted by atomic mass is 10.1. The van der Waals surface area contributed by atoms with Crippen LogP contribution in [0.5, 0.6) is 0 Å². The Labute approximate surface area is 216 Å². The smallest absolute Gasteiger partial charge is 0.141 e. The van der Waals surface area contributed by atoms with Crippen molar-refractivity contribution in [3.8, 4) is 6.07 Å². The van der Waals surface area contributed by atoms with Crippen molar-refractivity contribution in [3.63, 3.8) is 0 Å². The highest BCUT2D eigenvalue weighted by Gasteiger charge is 2.19. The van der Waals surface area contributed by atoms with Gasteiger partial charge in [0, 0.05) is 35.4 Å². The minimum atomic E-state index is -0.535. The summed E-state index contributed by atoms with van der Waals surface area (Å²) in [6.45, 7) is 0. The van der Waals surface area contributed by atoms with Gasteiger partial charge in [-0.25, -0.2) is 4.39 Å². The standard InChI is InChI=1S/C27H17Cl2FN6/c28-20-12-17(7-8-22(20)30)35-25-16(14-31)15-34-26-19(25)11-18(13-21(26)29)36-27(23-5-1-3-9-32-23)24-6-2-4-10-33-24/h1-13,15,27,36H,(H,34,35). The van der Waals surface area contributed by atoms with Crippen molar-refractivity contribution in [1.29, 1.82) is 5.26 Å². The summed E-state index contributed by atoms with van der Waals surface area (Å²) in [4.78, 5) is 13.4.